The highest BCUT2D eigenvalue weighted by Gasteiger charge is 2.57. The van der Waals surface area contributed by atoms with Crippen LogP contribution in [-0.4, -0.2) is 77.7 Å². The number of carbonyl (C=O) groups is 2. The van der Waals surface area contributed by atoms with Gasteiger partial charge in [0.15, 0.2) is 11.5 Å². The van der Waals surface area contributed by atoms with Gasteiger partial charge in [-0.05, 0) is 70.4 Å². The number of fused-ring (bicyclic) bond motifs is 1. The van der Waals surface area contributed by atoms with Crippen LogP contribution in [0, 0.1) is 11.3 Å². The Bertz CT molecular complexity index is 1630. The molecule has 1 aliphatic heterocycles. The number of hydrogen-bond acceptors (Lipinski definition) is 9. The molecule has 1 atom stereocenters. The summed E-state index contributed by atoms with van der Waals surface area (Å²) >= 11 is 0. The van der Waals surface area contributed by atoms with Crippen LogP contribution in [0.15, 0.2) is 42.6 Å². The smallest absolute Gasteiger partial charge is 0.422 e. The molecule has 4 rings (SSSR count). The standard InChI is InChI=1S/C34H40F3N3O7/c1-6-45-30(41)17-22-8-10-28(29(16-22)44-5)46-24-11-13-39(14-12-24)21-33(43,34(35,36)37)26-19-40(20-31(42)47-32(2,3)4)27-15-23(18-38)7-9-25(26)27/h7-10,15-16,19,24,43H,6,11-14,17,20-21H2,1-5H3. The molecule has 1 N–H and O–H groups in total. The second kappa shape index (κ2) is 14.2. The molecule has 1 fully saturated rings. The average molecular weight is 660 g/mol. The fourth-order valence-corrected chi connectivity index (χ4v) is 5.65. The topological polar surface area (TPSA) is 123 Å². The number of nitriles is 1. The summed E-state index contributed by atoms with van der Waals surface area (Å²) in [6.07, 6.45) is -3.43. The summed E-state index contributed by atoms with van der Waals surface area (Å²) in [7, 11) is 1.47. The third kappa shape index (κ3) is 8.55. The minimum absolute atomic E-state index is 0.0732. The van der Waals surface area contributed by atoms with E-state index in [2.05, 4.69) is 0 Å². The van der Waals surface area contributed by atoms with Gasteiger partial charge in [-0.15, -0.1) is 0 Å². The molecule has 1 aliphatic rings. The number of rotatable bonds is 11. The van der Waals surface area contributed by atoms with Crippen molar-refractivity contribution < 1.29 is 46.8 Å². The van der Waals surface area contributed by atoms with Gasteiger partial charge < -0.3 is 28.6 Å². The van der Waals surface area contributed by atoms with Crippen molar-refractivity contribution in [3.63, 3.8) is 0 Å². The summed E-state index contributed by atoms with van der Waals surface area (Å²) in [5.74, 6) is -0.178. The molecule has 1 aromatic heterocycles. The highest BCUT2D eigenvalue weighted by molar-refractivity contribution is 5.87. The highest BCUT2D eigenvalue weighted by atomic mass is 19.4. The van der Waals surface area contributed by atoms with Crippen molar-refractivity contribution in [3.8, 4) is 17.6 Å². The molecule has 1 saturated heterocycles. The summed E-state index contributed by atoms with van der Waals surface area (Å²) in [6, 6.07) is 11.2. The number of nitrogens with zero attached hydrogens (tertiary/aromatic N) is 3. The maximum Gasteiger partial charge on any atom is 0.422 e. The summed E-state index contributed by atoms with van der Waals surface area (Å²) in [5, 5.41) is 21.0. The Kier molecular flexibility index (Phi) is 10.8. The highest BCUT2D eigenvalue weighted by Crippen LogP contribution is 2.44. The van der Waals surface area contributed by atoms with Gasteiger partial charge in [-0.25, -0.2) is 0 Å². The fourth-order valence-electron chi connectivity index (χ4n) is 5.65. The number of halogens is 3. The molecular weight excluding hydrogens is 619 g/mol. The van der Waals surface area contributed by atoms with E-state index in [-0.39, 0.29) is 54.7 Å². The van der Waals surface area contributed by atoms with Crippen LogP contribution >= 0.6 is 0 Å². The molecule has 13 heteroatoms. The number of carbonyl (C=O) groups excluding carboxylic acids is 2. The summed E-state index contributed by atoms with van der Waals surface area (Å²) in [5.41, 5.74) is -3.45. The van der Waals surface area contributed by atoms with Crippen LogP contribution in [0.25, 0.3) is 10.9 Å². The average Bonchev–Trinajstić information content (AvgIpc) is 3.35. The molecule has 2 heterocycles. The molecule has 254 valence electrons. The minimum Gasteiger partial charge on any atom is -0.493 e. The van der Waals surface area contributed by atoms with Gasteiger partial charge in [0, 0.05) is 36.8 Å². The number of benzene rings is 2. The van der Waals surface area contributed by atoms with E-state index in [1.807, 2.05) is 6.07 Å². The lowest BCUT2D eigenvalue weighted by atomic mass is 9.90. The van der Waals surface area contributed by atoms with E-state index in [0.717, 1.165) is 6.20 Å². The Hall–Kier alpha value is -4.28. The number of ether oxygens (including phenoxy) is 4. The molecule has 3 aromatic rings. The second-order valence-electron chi connectivity index (χ2n) is 12.5. The Morgan fingerprint density at radius 1 is 1.04 bits per heavy atom. The zero-order chi connectivity index (χ0) is 34.6. The molecule has 0 amide bonds. The number of piperidine rings is 1. The predicted octanol–water partition coefficient (Wildman–Crippen LogP) is 5.26. The fraction of sp³-hybridized carbons (Fsp3) is 0.500. The molecule has 0 spiro atoms. The third-order valence-corrected chi connectivity index (χ3v) is 7.81. The lowest BCUT2D eigenvalue weighted by Gasteiger charge is -2.39. The predicted molar refractivity (Wildman–Crippen MR) is 166 cm³/mol. The van der Waals surface area contributed by atoms with Gasteiger partial charge in [-0.2, -0.15) is 18.4 Å². The molecule has 0 bridgehead atoms. The maximum atomic E-state index is 14.8. The van der Waals surface area contributed by atoms with E-state index in [0.29, 0.717) is 29.9 Å². The van der Waals surface area contributed by atoms with Gasteiger partial charge in [-0.3, -0.25) is 14.5 Å². The first-order valence-electron chi connectivity index (χ1n) is 15.3. The Morgan fingerprint density at radius 3 is 2.34 bits per heavy atom. The Labute approximate surface area is 271 Å². The van der Waals surface area contributed by atoms with Gasteiger partial charge in [0.05, 0.1) is 37.3 Å². The van der Waals surface area contributed by atoms with Crippen molar-refractivity contribution in [1.29, 1.82) is 5.26 Å². The first-order chi connectivity index (χ1) is 22.1. The van der Waals surface area contributed by atoms with Crippen molar-refractivity contribution in [2.45, 2.75) is 77.0 Å². The van der Waals surface area contributed by atoms with Crippen LogP contribution in [0.3, 0.4) is 0 Å². The number of methoxy groups -OCH3 is 1. The summed E-state index contributed by atoms with van der Waals surface area (Å²) < 4.78 is 67.7. The first-order valence-corrected chi connectivity index (χ1v) is 15.3. The van der Waals surface area contributed by atoms with Crippen molar-refractivity contribution in [3.05, 3.63) is 59.3 Å². The number of esters is 2. The third-order valence-electron chi connectivity index (χ3n) is 7.81. The first kappa shape index (κ1) is 35.6. The number of aliphatic hydroxyl groups is 1. The molecular formula is C34H40F3N3O7. The molecule has 2 aromatic carbocycles. The zero-order valence-corrected chi connectivity index (χ0v) is 27.1. The molecule has 10 nitrogen and oxygen atoms in total. The van der Waals surface area contributed by atoms with Crippen molar-refractivity contribution in [1.82, 2.24) is 9.47 Å². The lowest BCUT2D eigenvalue weighted by Crippen LogP contribution is -2.53. The van der Waals surface area contributed by atoms with Crippen molar-refractivity contribution in [2.75, 3.05) is 33.4 Å². The number of hydrogen-bond donors (Lipinski definition) is 1. The monoisotopic (exact) mass is 659 g/mol. The van der Waals surface area contributed by atoms with E-state index in [1.54, 1.807) is 45.9 Å². The van der Waals surface area contributed by atoms with E-state index >= 15 is 0 Å². The summed E-state index contributed by atoms with van der Waals surface area (Å²) in [4.78, 5) is 26.0. The van der Waals surface area contributed by atoms with Crippen LogP contribution < -0.4 is 9.47 Å². The minimum atomic E-state index is -5.07. The van der Waals surface area contributed by atoms with Crippen LogP contribution in [0.4, 0.5) is 13.2 Å². The molecule has 0 radical (unpaired) electrons. The summed E-state index contributed by atoms with van der Waals surface area (Å²) in [6.45, 7) is 6.29. The van der Waals surface area contributed by atoms with Gasteiger partial charge >= 0.3 is 18.1 Å². The number of likely N-dealkylation sites (tertiary alicyclic amines) is 1. The van der Waals surface area contributed by atoms with Gasteiger partial charge in [0.1, 0.15) is 18.2 Å². The maximum absolute atomic E-state index is 14.8. The molecule has 47 heavy (non-hydrogen) atoms. The lowest BCUT2D eigenvalue weighted by molar-refractivity contribution is -0.272. The molecule has 0 aliphatic carbocycles. The number of aromatic nitrogens is 1. The second-order valence-corrected chi connectivity index (χ2v) is 12.5. The molecule has 0 saturated carbocycles. The van der Waals surface area contributed by atoms with Crippen molar-refractivity contribution in [2.24, 2.45) is 0 Å². The largest absolute Gasteiger partial charge is 0.493 e. The van der Waals surface area contributed by atoms with Crippen LogP contribution in [0.5, 0.6) is 11.5 Å². The van der Waals surface area contributed by atoms with E-state index in [4.69, 9.17) is 18.9 Å². The van der Waals surface area contributed by atoms with Crippen molar-refractivity contribution >= 4 is 22.8 Å². The van der Waals surface area contributed by atoms with Gasteiger partial charge in [-0.1, -0.05) is 12.1 Å². The Morgan fingerprint density at radius 2 is 1.74 bits per heavy atom. The number of alkyl halides is 3. The van der Waals surface area contributed by atoms with Gasteiger partial charge in [0.25, 0.3) is 0 Å². The SMILES string of the molecule is CCOC(=O)Cc1ccc(OC2CCN(CC(O)(c3cn(CC(=O)OC(C)(C)C)c4cc(C#N)ccc34)C(F)(F)F)CC2)c(OC)c1. The van der Waals surface area contributed by atoms with E-state index < -0.39 is 42.0 Å². The van der Waals surface area contributed by atoms with Crippen LogP contribution in [0.2, 0.25) is 0 Å². The molecule has 1 unspecified atom stereocenters. The normalized spacial score (nSPS) is 15.9. The van der Waals surface area contributed by atoms with Crippen LogP contribution in [-0.2, 0) is 37.6 Å². The van der Waals surface area contributed by atoms with Gasteiger partial charge in [0.2, 0.25) is 5.60 Å². The number of β-amino-alcohol motifs (C(OH)–C–C–N with tert-alkyl or cyclic N) is 1. The quantitative estimate of drug-likeness (QED) is 0.275. The Balaban J connectivity index is 1.53. The van der Waals surface area contributed by atoms with Crippen LogP contribution in [0.1, 0.15) is 57.2 Å². The zero-order valence-electron chi connectivity index (χ0n) is 27.1. The van der Waals surface area contributed by atoms with E-state index in [9.17, 15) is 33.1 Å². The van der Waals surface area contributed by atoms with E-state index in [1.165, 1.54) is 34.8 Å².